The topological polar surface area (TPSA) is 18.5 Å². The van der Waals surface area contributed by atoms with Gasteiger partial charge in [-0.3, -0.25) is 0 Å². The zero-order valence-electron chi connectivity index (χ0n) is 7.60. The molecule has 0 amide bonds. The van der Waals surface area contributed by atoms with Crippen LogP contribution in [0.1, 0.15) is 5.56 Å². The molecule has 1 aromatic rings. The van der Waals surface area contributed by atoms with Crippen LogP contribution in [0.15, 0.2) is 15.5 Å². The smallest absolute Gasteiger partial charge is 0.179 e. The molecule has 0 aliphatic carbocycles. The second-order valence-corrected chi connectivity index (χ2v) is 6.14. The van der Waals surface area contributed by atoms with E-state index < -0.39 is 0 Å². The van der Waals surface area contributed by atoms with E-state index in [1.54, 1.807) is 0 Å². The van der Waals surface area contributed by atoms with E-state index >= 15 is 0 Å². The molecule has 5 heteroatoms. The van der Waals surface area contributed by atoms with Gasteiger partial charge in [-0.25, -0.2) is 0 Å². The highest BCUT2D eigenvalue weighted by atomic mass is 79.9. The van der Waals surface area contributed by atoms with Gasteiger partial charge >= 0.3 is 0 Å². The van der Waals surface area contributed by atoms with Crippen molar-refractivity contribution in [1.82, 2.24) is 0 Å². The first kappa shape index (κ1) is 11.3. The van der Waals surface area contributed by atoms with Gasteiger partial charge in [0.25, 0.3) is 0 Å². The third-order valence-electron chi connectivity index (χ3n) is 1.89. The summed E-state index contributed by atoms with van der Waals surface area (Å²) < 4.78 is 11.7. The Morgan fingerprint density at radius 1 is 1.27 bits per heavy atom. The summed E-state index contributed by atoms with van der Waals surface area (Å²) in [5.74, 6) is 1.33. The summed E-state index contributed by atoms with van der Waals surface area (Å²) in [6, 6.07) is 3.72. The van der Waals surface area contributed by atoms with Gasteiger partial charge in [0, 0.05) is 0 Å². The molecule has 0 radical (unpaired) electrons. The third kappa shape index (κ3) is 2.68. The Bertz CT molecular complexity index is 414. The number of benzene rings is 1. The normalized spacial score (nSPS) is 13.5. The van der Waals surface area contributed by atoms with Crippen LogP contribution in [0.25, 0.3) is 6.08 Å². The van der Waals surface area contributed by atoms with Gasteiger partial charge < -0.3 is 9.47 Å². The number of ether oxygens (including phenoxy) is 2. The van der Waals surface area contributed by atoms with E-state index in [4.69, 9.17) is 21.1 Å². The van der Waals surface area contributed by atoms with Gasteiger partial charge in [-0.15, -0.1) is 0 Å². The van der Waals surface area contributed by atoms with Crippen LogP contribution in [0.5, 0.6) is 11.5 Å². The fourth-order valence-corrected chi connectivity index (χ4v) is 2.14. The van der Waals surface area contributed by atoms with Crippen LogP contribution in [-0.2, 0) is 0 Å². The molecule has 0 bridgehead atoms. The molecule has 0 saturated carbocycles. The highest BCUT2D eigenvalue weighted by Crippen LogP contribution is 2.39. The number of fused-ring (bicyclic) bond motifs is 1. The molecule has 0 spiro atoms. The van der Waals surface area contributed by atoms with Crippen LogP contribution in [-0.4, -0.2) is 13.2 Å². The Kier molecular flexibility index (Phi) is 3.59. The monoisotopic (exact) mass is 352 g/mol. The van der Waals surface area contributed by atoms with Crippen LogP contribution in [0.4, 0.5) is 0 Å². The highest BCUT2D eigenvalue weighted by molar-refractivity contribution is 9.28. The lowest BCUT2D eigenvalue weighted by atomic mass is 10.2. The molecule has 1 aliphatic rings. The van der Waals surface area contributed by atoms with E-state index in [2.05, 4.69) is 31.9 Å². The Hall–Kier alpha value is -0.190. The Morgan fingerprint density at radius 3 is 2.73 bits per heavy atom. The summed E-state index contributed by atoms with van der Waals surface area (Å²) in [7, 11) is 0. The molecule has 80 valence electrons. The van der Waals surface area contributed by atoms with Crippen LogP contribution < -0.4 is 9.47 Å². The van der Waals surface area contributed by atoms with Crippen LogP contribution >= 0.6 is 43.5 Å². The van der Waals surface area contributed by atoms with Crippen molar-refractivity contribution in [1.29, 1.82) is 0 Å². The minimum absolute atomic E-state index is 0.546. The minimum Gasteiger partial charge on any atom is -0.486 e. The molecular weight excluding hydrogens is 347 g/mol. The van der Waals surface area contributed by atoms with E-state index in [0.717, 1.165) is 8.96 Å². The van der Waals surface area contributed by atoms with E-state index in [1.807, 2.05) is 18.2 Å². The van der Waals surface area contributed by atoms with Gasteiger partial charge in [-0.2, -0.15) is 0 Å². The van der Waals surface area contributed by atoms with Crippen molar-refractivity contribution < 1.29 is 9.47 Å². The molecule has 1 aliphatic heterocycles. The van der Waals surface area contributed by atoms with Crippen molar-refractivity contribution in [3.63, 3.8) is 0 Å². The second-order valence-electron chi connectivity index (χ2n) is 2.96. The Morgan fingerprint density at radius 2 is 2.00 bits per heavy atom. The lowest BCUT2D eigenvalue weighted by Gasteiger charge is -2.19. The minimum atomic E-state index is 0.546. The van der Waals surface area contributed by atoms with Gasteiger partial charge in [-0.1, -0.05) is 11.6 Å². The molecule has 0 atom stereocenters. The number of hydrogen-bond donors (Lipinski definition) is 0. The standard InChI is InChI=1S/C10H7Br2ClO2/c11-9(12)5-6-3-7(13)10-8(4-6)14-1-2-15-10/h3-5H,1-2H2. The summed E-state index contributed by atoms with van der Waals surface area (Å²) in [5, 5.41) is 0.569. The van der Waals surface area contributed by atoms with Gasteiger partial charge in [0.05, 0.1) is 8.41 Å². The van der Waals surface area contributed by atoms with Crippen LogP contribution in [0.3, 0.4) is 0 Å². The fraction of sp³-hybridized carbons (Fsp3) is 0.200. The van der Waals surface area contributed by atoms with Crippen molar-refractivity contribution >= 4 is 49.5 Å². The van der Waals surface area contributed by atoms with Crippen molar-refractivity contribution in [3.05, 3.63) is 26.1 Å². The van der Waals surface area contributed by atoms with Crippen LogP contribution in [0.2, 0.25) is 5.02 Å². The molecule has 0 unspecified atom stereocenters. The first-order valence-electron chi connectivity index (χ1n) is 4.28. The van der Waals surface area contributed by atoms with Gasteiger partial charge in [-0.05, 0) is 55.6 Å². The van der Waals surface area contributed by atoms with Crippen molar-refractivity contribution in [2.24, 2.45) is 0 Å². The second kappa shape index (κ2) is 4.76. The molecule has 1 aromatic carbocycles. The summed E-state index contributed by atoms with van der Waals surface area (Å²) in [5.41, 5.74) is 0.952. The number of halogens is 3. The zero-order valence-corrected chi connectivity index (χ0v) is 11.5. The third-order valence-corrected chi connectivity index (χ3v) is 2.63. The molecule has 0 fully saturated rings. The van der Waals surface area contributed by atoms with Crippen molar-refractivity contribution in [3.8, 4) is 11.5 Å². The SMILES string of the molecule is Clc1cc(C=C(Br)Br)cc2c1OCCO2. The zero-order chi connectivity index (χ0) is 10.8. The Balaban J connectivity index is 2.45. The predicted octanol–water partition coefficient (Wildman–Crippen LogP) is 4.20. The molecule has 0 aromatic heterocycles. The largest absolute Gasteiger partial charge is 0.486 e. The lowest BCUT2D eigenvalue weighted by molar-refractivity contribution is 0.171. The average molecular weight is 354 g/mol. The van der Waals surface area contributed by atoms with E-state index in [0.29, 0.717) is 29.7 Å². The van der Waals surface area contributed by atoms with Gasteiger partial charge in [0.1, 0.15) is 13.2 Å². The summed E-state index contributed by atoms with van der Waals surface area (Å²) >= 11 is 12.7. The predicted molar refractivity (Wildman–Crippen MR) is 68.3 cm³/mol. The highest BCUT2D eigenvalue weighted by Gasteiger charge is 2.15. The Labute approximate surface area is 109 Å². The van der Waals surface area contributed by atoms with E-state index in [1.165, 1.54) is 0 Å². The van der Waals surface area contributed by atoms with Gasteiger partial charge in [0.2, 0.25) is 0 Å². The van der Waals surface area contributed by atoms with Crippen LogP contribution in [0, 0.1) is 0 Å². The summed E-state index contributed by atoms with van der Waals surface area (Å²) in [4.78, 5) is 0. The van der Waals surface area contributed by atoms with E-state index in [-0.39, 0.29) is 0 Å². The quantitative estimate of drug-likeness (QED) is 0.753. The lowest BCUT2D eigenvalue weighted by Crippen LogP contribution is -2.15. The molecule has 15 heavy (non-hydrogen) atoms. The molecule has 0 saturated heterocycles. The first-order valence-corrected chi connectivity index (χ1v) is 6.25. The maximum Gasteiger partial charge on any atom is 0.179 e. The molecular formula is C10H7Br2ClO2. The van der Waals surface area contributed by atoms with Crippen molar-refractivity contribution in [2.45, 2.75) is 0 Å². The van der Waals surface area contributed by atoms with E-state index in [9.17, 15) is 0 Å². The molecule has 2 nitrogen and oxygen atoms in total. The number of rotatable bonds is 1. The molecule has 1 heterocycles. The maximum atomic E-state index is 6.07. The average Bonchev–Trinajstić information content (AvgIpc) is 2.16. The summed E-state index contributed by atoms with van der Waals surface area (Å²) in [6.07, 6.45) is 1.89. The first-order chi connectivity index (χ1) is 7.16. The molecule has 2 rings (SSSR count). The molecule has 0 N–H and O–H groups in total. The van der Waals surface area contributed by atoms with Gasteiger partial charge in [0.15, 0.2) is 11.5 Å². The van der Waals surface area contributed by atoms with Crippen molar-refractivity contribution in [2.75, 3.05) is 13.2 Å². The number of hydrogen-bond acceptors (Lipinski definition) is 2. The fourth-order valence-electron chi connectivity index (χ4n) is 1.34. The summed E-state index contributed by atoms with van der Waals surface area (Å²) in [6.45, 7) is 1.11. The maximum absolute atomic E-state index is 6.07.